The Morgan fingerprint density at radius 1 is 1.24 bits per heavy atom. The number of fused-ring (bicyclic) bond motifs is 1. The van der Waals surface area contributed by atoms with Crippen molar-refractivity contribution in [1.82, 2.24) is 19.5 Å². The number of halogens is 1. The molecule has 0 unspecified atom stereocenters. The third kappa shape index (κ3) is 5.24. The molecule has 1 aromatic carbocycles. The molecule has 0 spiro atoms. The van der Waals surface area contributed by atoms with Crippen molar-refractivity contribution >= 4 is 44.7 Å². The summed E-state index contributed by atoms with van der Waals surface area (Å²) in [5, 5.41) is 15.2. The number of nitrogens with one attached hydrogen (secondary N) is 1. The van der Waals surface area contributed by atoms with Gasteiger partial charge in [0, 0.05) is 48.5 Å². The van der Waals surface area contributed by atoms with Gasteiger partial charge >= 0.3 is 0 Å². The van der Waals surface area contributed by atoms with Crippen molar-refractivity contribution in [2.45, 2.75) is 44.4 Å². The lowest BCUT2D eigenvalue weighted by Crippen LogP contribution is -2.39. The standard InChI is InChI=1S/C24H30ClN7O4S/c1-14-11-32-22(27-23(14)30-12-17(26)21(33)13-30)10-19(28-32)20-5-3-4-8-31(20)24(34)16-9-15(25)6-7-18(16)29-37(2,35)36/h6-7,9-11,17,20-21,29,33H,3-5,8,12-13,26H2,1-2H3/t17-,20+,21+/m1/s1. The Bertz CT molecular complexity index is 1450. The molecule has 0 bridgehead atoms. The predicted octanol–water partition coefficient (Wildman–Crippen LogP) is 1.94. The van der Waals surface area contributed by atoms with Crippen molar-refractivity contribution in [1.29, 1.82) is 0 Å². The number of anilines is 2. The predicted molar refractivity (Wildman–Crippen MR) is 141 cm³/mol. The van der Waals surface area contributed by atoms with Gasteiger partial charge in [-0.15, -0.1) is 0 Å². The summed E-state index contributed by atoms with van der Waals surface area (Å²) in [6.45, 7) is 3.37. The Morgan fingerprint density at radius 3 is 2.73 bits per heavy atom. The highest BCUT2D eigenvalue weighted by atomic mass is 35.5. The molecule has 198 valence electrons. The third-order valence-electron chi connectivity index (χ3n) is 6.87. The molecular formula is C24H30ClN7O4S. The van der Waals surface area contributed by atoms with Crippen LogP contribution in [0.25, 0.3) is 5.65 Å². The first-order valence-electron chi connectivity index (χ1n) is 12.1. The van der Waals surface area contributed by atoms with Crippen molar-refractivity contribution in [2.75, 3.05) is 35.5 Å². The van der Waals surface area contributed by atoms with Crippen LogP contribution in [0, 0.1) is 6.92 Å². The summed E-state index contributed by atoms with van der Waals surface area (Å²) in [5.74, 6) is 0.429. The third-order valence-corrected chi connectivity index (χ3v) is 7.69. The summed E-state index contributed by atoms with van der Waals surface area (Å²) in [5.41, 5.74) is 8.60. The average molecular weight is 548 g/mol. The average Bonchev–Trinajstić information content (AvgIpc) is 3.40. The minimum atomic E-state index is -3.60. The number of rotatable bonds is 5. The van der Waals surface area contributed by atoms with Crippen LogP contribution in [-0.4, -0.2) is 77.0 Å². The molecule has 0 radical (unpaired) electrons. The van der Waals surface area contributed by atoms with Crippen molar-refractivity contribution < 1.29 is 18.3 Å². The van der Waals surface area contributed by atoms with Gasteiger partial charge in [-0.05, 0) is 44.4 Å². The number of carbonyl (C=O) groups is 1. The molecule has 37 heavy (non-hydrogen) atoms. The van der Waals surface area contributed by atoms with Crippen molar-refractivity contribution in [2.24, 2.45) is 5.73 Å². The summed E-state index contributed by atoms with van der Waals surface area (Å²) in [6.07, 6.45) is 4.78. The molecule has 2 aromatic heterocycles. The molecule has 2 aliphatic heterocycles. The van der Waals surface area contributed by atoms with Crippen LogP contribution in [-0.2, 0) is 10.0 Å². The van der Waals surface area contributed by atoms with Crippen LogP contribution < -0.4 is 15.4 Å². The van der Waals surface area contributed by atoms with Gasteiger partial charge in [-0.1, -0.05) is 11.6 Å². The molecule has 0 aliphatic carbocycles. The number of carbonyl (C=O) groups excluding carboxylic acids is 1. The summed E-state index contributed by atoms with van der Waals surface area (Å²) < 4.78 is 27.9. The number of likely N-dealkylation sites (tertiary alicyclic amines) is 1. The largest absolute Gasteiger partial charge is 0.390 e. The topological polar surface area (TPSA) is 146 Å². The van der Waals surface area contributed by atoms with Gasteiger partial charge in [0.15, 0.2) is 5.65 Å². The van der Waals surface area contributed by atoms with E-state index >= 15 is 0 Å². The number of aliphatic hydroxyl groups is 1. The number of amides is 1. The molecule has 13 heteroatoms. The van der Waals surface area contributed by atoms with Gasteiger partial charge in [-0.2, -0.15) is 5.10 Å². The molecule has 3 aromatic rings. The molecule has 4 N–H and O–H groups in total. The smallest absolute Gasteiger partial charge is 0.256 e. The van der Waals surface area contributed by atoms with Crippen LogP contribution in [0.15, 0.2) is 30.5 Å². The highest BCUT2D eigenvalue weighted by molar-refractivity contribution is 7.92. The normalized spacial score (nSPS) is 22.6. The van der Waals surface area contributed by atoms with E-state index in [1.807, 2.05) is 24.1 Å². The number of sulfonamides is 1. The van der Waals surface area contributed by atoms with Crippen molar-refractivity contribution in [3.63, 3.8) is 0 Å². The lowest BCUT2D eigenvalue weighted by atomic mass is 9.98. The zero-order valence-corrected chi connectivity index (χ0v) is 22.2. The number of hydrogen-bond donors (Lipinski definition) is 3. The zero-order chi connectivity index (χ0) is 26.5. The summed E-state index contributed by atoms with van der Waals surface area (Å²) in [4.78, 5) is 22.2. The van der Waals surface area contributed by atoms with E-state index in [4.69, 9.17) is 27.4 Å². The zero-order valence-electron chi connectivity index (χ0n) is 20.6. The number of benzene rings is 1. The maximum atomic E-state index is 13.7. The first kappa shape index (κ1) is 25.7. The second-order valence-electron chi connectivity index (χ2n) is 9.83. The van der Waals surface area contributed by atoms with Crippen molar-refractivity contribution in [3.8, 4) is 0 Å². The summed E-state index contributed by atoms with van der Waals surface area (Å²) >= 11 is 6.18. The fraction of sp³-hybridized carbons (Fsp3) is 0.458. The van der Waals surface area contributed by atoms with E-state index in [1.165, 1.54) is 12.1 Å². The number of aliphatic hydroxyl groups excluding tert-OH is 1. The van der Waals surface area contributed by atoms with Crippen LogP contribution in [0.4, 0.5) is 11.5 Å². The van der Waals surface area contributed by atoms with Gasteiger partial charge < -0.3 is 20.6 Å². The lowest BCUT2D eigenvalue weighted by molar-refractivity contribution is 0.0607. The number of hydrogen-bond acceptors (Lipinski definition) is 8. The van der Waals surface area contributed by atoms with Gasteiger partial charge in [0.25, 0.3) is 5.91 Å². The Kier molecular flexibility index (Phi) is 6.77. The van der Waals surface area contributed by atoms with Crippen LogP contribution in [0.2, 0.25) is 5.02 Å². The number of nitrogens with zero attached hydrogens (tertiary/aromatic N) is 5. The molecule has 11 nitrogen and oxygen atoms in total. The SMILES string of the molecule is Cc1cn2nc([C@@H]3CCCCN3C(=O)c3cc(Cl)ccc3NS(C)(=O)=O)cc2nc1N1C[C@@H](N)[C@@H](O)C1. The molecule has 5 rings (SSSR count). The van der Waals surface area contributed by atoms with E-state index in [0.29, 0.717) is 42.4 Å². The van der Waals surface area contributed by atoms with Crippen molar-refractivity contribution in [3.05, 3.63) is 52.3 Å². The number of aryl methyl sites for hydroxylation is 1. The molecule has 2 aliphatic rings. The fourth-order valence-corrected chi connectivity index (χ4v) is 5.86. The molecular weight excluding hydrogens is 518 g/mol. The first-order valence-corrected chi connectivity index (χ1v) is 14.4. The van der Waals surface area contributed by atoms with Gasteiger partial charge in [0.05, 0.1) is 35.3 Å². The van der Waals surface area contributed by atoms with Crippen LogP contribution in [0.1, 0.15) is 46.9 Å². The Hall–Kier alpha value is -2.93. The van der Waals surface area contributed by atoms with Gasteiger partial charge in [0.1, 0.15) is 5.82 Å². The maximum absolute atomic E-state index is 13.7. The minimum absolute atomic E-state index is 0.184. The molecule has 2 fully saturated rings. The highest BCUT2D eigenvalue weighted by Gasteiger charge is 2.33. The monoisotopic (exact) mass is 547 g/mol. The van der Waals surface area contributed by atoms with Crippen LogP contribution >= 0.6 is 11.6 Å². The first-order chi connectivity index (χ1) is 17.5. The summed E-state index contributed by atoms with van der Waals surface area (Å²) in [6, 6.07) is 5.76. The quantitative estimate of drug-likeness (QED) is 0.439. The van der Waals surface area contributed by atoms with Gasteiger partial charge in [-0.25, -0.2) is 17.9 Å². The minimum Gasteiger partial charge on any atom is -0.390 e. The molecule has 4 heterocycles. The number of β-amino-alcohol motifs (C(OH)–C–C–N with tert-alkyl or cyclic N) is 1. The Morgan fingerprint density at radius 2 is 2.03 bits per heavy atom. The Balaban J connectivity index is 1.48. The van der Waals surface area contributed by atoms with E-state index < -0.39 is 16.1 Å². The van der Waals surface area contributed by atoms with E-state index in [0.717, 1.165) is 30.5 Å². The van der Waals surface area contributed by atoms with E-state index in [2.05, 4.69) is 4.72 Å². The number of aromatic nitrogens is 3. The second-order valence-corrected chi connectivity index (χ2v) is 12.0. The molecule has 2 saturated heterocycles. The second kappa shape index (κ2) is 9.75. The highest BCUT2D eigenvalue weighted by Crippen LogP contribution is 2.34. The van der Waals surface area contributed by atoms with E-state index in [1.54, 1.807) is 15.5 Å². The van der Waals surface area contributed by atoms with Crippen LogP contribution in [0.3, 0.4) is 0 Å². The van der Waals surface area contributed by atoms with E-state index in [9.17, 15) is 18.3 Å². The van der Waals surface area contributed by atoms with Gasteiger partial charge in [0.2, 0.25) is 10.0 Å². The molecule has 1 amide bonds. The number of piperidine rings is 1. The Labute approximate surface area is 220 Å². The van der Waals surface area contributed by atoms with E-state index in [-0.39, 0.29) is 29.2 Å². The summed E-state index contributed by atoms with van der Waals surface area (Å²) in [7, 11) is -3.60. The van der Waals surface area contributed by atoms with Crippen LogP contribution in [0.5, 0.6) is 0 Å². The molecule has 0 saturated carbocycles. The van der Waals surface area contributed by atoms with Gasteiger partial charge in [-0.3, -0.25) is 9.52 Å². The maximum Gasteiger partial charge on any atom is 0.256 e. The lowest BCUT2D eigenvalue weighted by Gasteiger charge is -2.35. The molecule has 3 atom stereocenters. The number of nitrogens with two attached hydrogens (primary N) is 1. The fourth-order valence-electron chi connectivity index (χ4n) is 5.11.